The molecule has 3 rings (SSSR count). The average Bonchev–Trinajstić information content (AvgIpc) is 3.21. The van der Waals surface area contributed by atoms with Crippen molar-refractivity contribution in [3.63, 3.8) is 0 Å². The van der Waals surface area contributed by atoms with Gasteiger partial charge in [-0.05, 0) is 42.9 Å². The monoisotopic (exact) mass is 371 g/mol. The third-order valence-electron chi connectivity index (χ3n) is 5.22. The number of carbonyl (C=O) groups is 2. The van der Waals surface area contributed by atoms with Crippen LogP contribution in [-0.4, -0.2) is 41.3 Å². The van der Waals surface area contributed by atoms with E-state index in [4.69, 9.17) is 0 Å². The van der Waals surface area contributed by atoms with Crippen molar-refractivity contribution in [1.29, 1.82) is 0 Å². The second-order valence-corrected chi connectivity index (χ2v) is 7.28. The van der Waals surface area contributed by atoms with E-state index in [0.29, 0.717) is 25.8 Å². The van der Waals surface area contributed by atoms with Crippen molar-refractivity contribution in [1.82, 2.24) is 4.90 Å². The fourth-order valence-corrected chi connectivity index (χ4v) is 3.61. The molecule has 0 spiro atoms. The number of carbonyl (C=O) groups excluding carboxylic acids is 1. The summed E-state index contributed by atoms with van der Waals surface area (Å²) < 4.78 is 40.5. The number of benzene rings is 1. The minimum Gasteiger partial charge on any atom is -0.481 e. The van der Waals surface area contributed by atoms with Gasteiger partial charge in [0.1, 0.15) is 5.75 Å². The Morgan fingerprint density at radius 2 is 1.85 bits per heavy atom. The highest BCUT2D eigenvalue weighted by atomic mass is 19.4. The first-order valence-corrected chi connectivity index (χ1v) is 8.46. The molecule has 1 amide bonds. The number of halogens is 3. The van der Waals surface area contributed by atoms with Gasteiger partial charge >= 0.3 is 12.3 Å². The molecule has 0 aromatic heterocycles. The van der Waals surface area contributed by atoms with E-state index in [9.17, 15) is 27.9 Å². The van der Waals surface area contributed by atoms with E-state index in [1.807, 2.05) is 6.92 Å². The van der Waals surface area contributed by atoms with E-state index >= 15 is 0 Å². The van der Waals surface area contributed by atoms with E-state index < -0.39 is 23.7 Å². The van der Waals surface area contributed by atoms with Gasteiger partial charge in [0.15, 0.2) is 0 Å². The molecule has 1 saturated carbocycles. The molecule has 1 aliphatic heterocycles. The topological polar surface area (TPSA) is 66.8 Å². The summed E-state index contributed by atoms with van der Waals surface area (Å²) in [5, 5.41) is 9.21. The second-order valence-electron chi connectivity index (χ2n) is 7.28. The number of rotatable bonds is 5. The molecule has 2 fully saturated rings. The Bertz CT molecular complexity index is 697. The van der Waals surface area contributed by atoms with Gasteiger partial charge in [0, 0.05) is 13.1 Å². The molecule has 1 saturated heterocycles. The molecule has 1 N–H and O–H groups in total. The minimum atomic E-state index is -4.73. The van der Waals surface area contributed by atoms with E-state index in [-0.39, 0.29) is 24.1 Å². The van der Waals surface area contributed by atoms with Crippen LogP contribution < -0.4 is 4.74 Å². The van der Waals surface area contributed by atoms with Crippen LogP contribution in [-0.2, 0) is 16.0 Å². The fourth-order valence-electron chi connectivity index (χ4n) is 3.61. The predicted molar refractivity (Wildman–Crippen MR) is 85.4 cm³/mol. The molecule has 0 bridgehead atoms. The first kappa shape index (κ1) is 18.5. The van der Waals surface area contributed by atoms with Crippen molar-refractivity contribution in [2.45, 2.75) is 32.5 Å². The molecule has 1 aromatic rings. The highest BCUT2D eigenvalue weighted by molar-refractivity contribution is 5.87. The summed E-state index contributed by atoms with van der Waals surface area (Å²) in [7, 11) is 0. The van der Waals surface area contributed by atoms with E-state index in [0.717, 1.165) is 5.56 Å². The van der Waals surface area contributed by atoms with Gasteiger partial charge in [-0.15, -0.1) is 13.2 Å². The van der Waals surface area contributed by atoms with Crippen LogP contribution in [0.25, 0.3) is 0 Å². The molecule has 142 valence electrons. The number of alkyl halides is 3. The number of ether oxygens (including phenoxy) is 1. The number of aliphatic carboxylic acids is 1. The molecule has 0 unspecified atom stereocenters. The Balaban J connectivity index is 1.64. The Morgan fingerprint density at radius 3 is 2.31 bits per heavy atom. The molecule has 2 aliphatic rings. The number of likely N-dealkylation sites (tertiary alicyclic amines) is 1. The van der Waals surface area contributed by atoms with Gasteiger partial charge in [0.05, 0.1) is 11.3 Å². The summed E-state index contributed by atoms with van der Waals surface area (Å²) in [6.07, 6.45) is -2.90. The molecular weight excluding hydrogens is 351 g/mol. The van der Waals surface area contributed by atoms with Crippen molar-refractivity contribution in [3.8, 4) is 5.75 Å². The van der Waals surface area contributed by atoms with Crippen LogP contribution in [0.15, 0.2) is 24.3 Å². The minimum absolute atomic E-state index is 0.0521. The van der Waals surface area contributed by atoms with Gasteiger partial charge in [-0.3, -0.25) is 9.59 Å². The first-order valence-electron chi connectivity index (χ1n) is 8.46. The highest BCUT2D eigenvalue weighted by Crippen LogP contribution is 2.50. The maximum absolute atomic E-state index is 12.9. The Kier molecular flexibility index (Phi) is 4.62. The Hall–Kier alpha value is -2.25. The fraction of sp³-hybridized carbons (Fsp3) is 0.556. The summed E-state index contributed by atoms with van der Waals surface area (Å²) in [4.78, 5) is 25.7. The third kappa shape index (κ3) is 3.94. The number of hydrogen-bond donors (Lipinski definition) is 1. The lowest BCUT2D eigenvalue weighted by Gasteiger charge is -2.23. The van der Waals surface area contributed by atoms with Crippen LogP contribution in [0.5, 0.6) is 5.75 Å². The van der Waals surface area contributed by atoms with Gasteiger partial charge in [0.2, 0.25) is 5.91 Å². The zero-order chi connectivity index (χ0) is 19.1. The molecule has 8 heteroatoms. The van der Waals surface area contributed by atoms with Crippen molar-refractivity contribution in [2.75, 3.05) is 13.1 Å². The summed E-state index contributed by atoms with van der Waals surface area (Å²) in [6, 6.07) is 5.53. The zero-order valence-corrected chi connectivity index (χ0v) is 14.3. The van der Waals surface area contributed by atoms with E-state index in [1.165, 1.54) is 24.3 Å². The van der Waals surface area contributed by atoms with Crippen molar-refractivity contribution < 1.29 is 32.6 Å². The largest absolute Gasteiger partial charge is 0.573 e. The van der Waals surface area contributed by atoms with E-state index in [1.54, 1.807) is 4.90 Å². The summed E-state index contributed by atoms with van der Waals surface area (Å²) >= 11 is 0. The SMILES string of the molecule is C[C@@H]1CN(C(=O)C2(Cc3ccc(OC(F)(F)F)cc3)CC2)C[C@H]1C(=O)O. The molecule has 5 nitrogen and oxygen atoms in total. The summed E-state index contributed by atoms with van der Waals surface area (Å²) in [5.74, 6) is -1.88. The first-order chi connectivity index (χ1) is 12.1. The molecule has 1 aliphatic carbocycles. The molecule has 0 radical (unpaired) electrons. The van der Waals surface area contributed by atoms with Gasteiger partial charge in [-0.25, -0.2) is 0 Å². The molecule has 1 heterocycles. The lowest BCUT2D eigenvalue weighted by molar-refractivity contribution is -0.274. The van der Waals surface area contributed by atoms with Gasteiger partial charge in [-0.2, -0.15) is 0 Å². The standard InChI is InChI=1S/C18H20F3NO4/c1-11-9-22(10-14(11)15(23)24)16(25)17(6-7-17)8-12-2-4-13(5-3-12)26-18(19,20)21/h2-5,11,14H,6-10H2,1H3,(H,23,24)/t11-,14-/m1/s1. The van der Waals surface area contributed by atoms with Crippen molar-refractivity contribution in [3.05, 3.63) is 29.8 Å². The summed E-state index contributed by atoms with van der Waals surface area (Å²) in [6.45, 7) is 2.47. The number of hydrogen-bond acceptors (Lipinski definition) is 3. The van der Waals surface area contributed by atoms with Crippen molar-refractivity contribution in [2.24, 2.45) is 17.3 Å². The van der Waals surface area contributed by atoms with Crippen LogP contribution in [0.3, 0.4) is 0 Å². The van der Waals surface area contributed by atoms with Crippen LogP contribution in [0, 0.1) is 17.3 Å². The Morgan fingerprint density at radius 1 is 1.23 bits per heavy atom. The Labute approximate surface area is 148 Å². The average molecular weight is 371 g/mol. The maximum atomic E-state index is 12.9. The highest BCUT2D eigenvalue weighted by Gasteiger charge is 2.53. The van der Waals surface area contributed by atoms with Gasteiger partial charge in [-0.1, -0.05) is 19.1 Å². The van der Waals surface area contributed by atoms with Crippen LogP contribution >= 0.6 is 0 Å². The van der Waals surface area contributed by atoms with Gasteiger partial charge in [0.25, 0.3) is 0 Å². The quantitative estimate of drug-likeness (QED) is 0.864. The van der Waals surface area contributed by atoms with Crippen LogP contribution in [0.2, 0.25) is 0 Å². The maximum Gasteiger partial charge on any atom is 0.573 e. The van der Waals surface area contributed by atoms with Gasteiger partial charge < -0.3 is 14.7 Å². The normalized spacial score (nSPS) is 24.4. The lowest BCUT2D eigenvalue weighted by Crippen LogP contribution is -2.37. The van der Waals surface area contributed by atoms with Crippen LogP contribution in [0.1, 0.15) is 25.3 Å². The molecule has 2 atom stereocenters. The second kappa shape index (κ2) is 6.48. The van der Waals surface area contributed by atoms with Crippen LogP contribution in [0.4, 0.5) is 13.2 Å². The molecular formula is C18H20F3NO4. The lowest BCUT2D eigenvalue weighted by atomic mass is 9.95. The third-order valence-corrected chi connectivity index (χ3v) is 5.22. The molecule has 26 heavy (non-hydrogen) atoms. The van der Waals surface area contributed by atoms with Crippen molar-refractivity contribution >= 4 is 11.9 Å². The number of nitrogens with zero attached hydrogens (tertiary/aromatic N) is 1. The van der Waals surface area contributed by atoms with E-state index in [2.05, 4.69) is 4.74 Å². The smallest absolute Gasteiger partial charge is 0.481 e. The number of carboxylic acid groups (broad SMARTS) is 1. The predicted octanol–water partition coefficient (Wildman–Crippen LogP) is 3.09. The number of amides is 1. The summed E-state index contributed by atoms with van der Waals surface area (Å²) in [5.41, 5.74) is 0.201. The molecule has 1 aromatic carbocycles. The zero-order valence-electron chi connectivity index (χ0n) is 14.3. The number of carboxylic acids is 1.